The highest BCUT2D eigenvalue weighted by molar-refractivity contribution is 5.66. The zero-order valence-corrected chi connectivity index (χ0v) is 21.8. The highest BCUT2D eigenvalue weighted by atomic mass is 16.6. The van der Waals surface area contributed by atoms with Gasteiger partial charge < -0.3 is 9.84 Å². The number of fused-ring (bicyclic) bond motifs is 5. The van der Waals surface area contributed by atoms with Gasteiger partial charge in [0.05, 0.1) is 6.10 Å². The first-order valence-electron chi connectivity index (χ1n) is 13.9. The van der Waals surface area contributed by atoms with E-state index >= 15 is 0 Å². The van der Waals surface area contributed by atoms with Crippen LogP contribution in [0.25, 0.3) is 0 Å². The van der Waals surface area contributed by atoms with Crippen molar-refractivity contribution in [1.82, 2.24) is 0 Å². The van der Waals surface area contributed by atoms with Crippen LogP contribution in [-0.2, 0) is 9.53 Å². The molecule has 0 amide bonds. The summed E-state index contributed by atoms with van der Waals surface area (Å²) in [7, 11) is 0. The highest BCUT2D eigenvalue weighted by Crippen LogP contribution is 2.69. The average Bonchev–Trinajstić information content (AvgIpc) is 3.05. The van der Waals surface area contributed by atoms with Crippen molar-refractivity contribution in [3.63, 3.8) is 0 Å². The van der Waals surface area contributed by atoms with E-state index in [1.54, 1.807) is 6.92 Å². The number of aliphatic hydroxyl groups excluding tert-OH is 1. The minimum atomic E-state index is -0.451. The normalized spacial score (nSPS) is 46.8. The summed E-state index contributed by atoms with van der Waals surface area (Å²) in [6, 6.07) is 0. The third kappa shape index (κ3) is 3.97. The molecule has 1 N–H and O–H groups in total. The number of carbonyl (C=O) groups excluding carboxylic acids is 1. The Morgan fingerprint density at radius 2 is 1.72 bits per heavy atom. The van der Waals surface area contributed by atoms with Gasteiger partial charge in [0.15, 0.2) is 0 Å². The van der Waals surface area contributed by atoms with Crippen molar-refractivity contribution in [3.8, 4) is 0 Å². The van der Waals surface area contributed by atoms with E-state index in [4.69, 9.17) is 4.74 Å². The van der Waals surface area contributed by atoms with E-state index in [0.717, 1.165) is 48.9 Å². The van der Waals surface area contributed by atoms with Crippen LogP contribution in [0.5, 0.6) is 0 Å². The predicted octanol–water partition coefficient (Wildman–Crippen LogP) is 7.15. The molecule has 3 nitrogen and oxygen atoms in total. The molecule has 0 aliphatic heterocycles. The van der Waals surface area contributed by atoms with E-state index in [9.17, 15) is 9.90 Å². The quantitative estimate of drug-likeness (QED) is 0.440. The molecular weight excluding hydrogens is 396 g/mol. The Hall–Kier alpha value is -0.570. The van der Waals surface area contributed by atoms with Crippen molar-refractivity contribution < 1.29 is 14.6 Å². The van der Waals surface area contributed by atoms with Crippen LogP contribution in [0, 0.1) is 46.3 Å². The number of hydrogen-bond acceptors (Lipinski definition) is 3. The highest BCUT2D eigenvalue weighted by Gasteiger charge is 2.66. The third-order valence-electron chi connectivity index (χ3n) is 11.3. The number of ether oxygens (including phenoxy) is 1. The lowest BCUT2D eigenvalue weighted by Crippen LogP contribution is -2.64. The molecule has 4 fully saturated rings. The topological polar surface area (TPSA) is 46.5 Å². The summed E-state index contributed by atoms with van der Waals surface area (Å²) in [5, 5.41) is 10.5. The molecule has 4 aliphatic carbocycles. The molecule has 9 atom stereocenters. The molecule has 4 rings (SSSR count). The molecule has 32 heavy (non-hydrogen) atoms. The Labute approximate surface area is 197 Å². The second-order valence-corrected chi connectivity index (χ2v) is 13.3. The Kier molecular flexibility index (Phi) is 6.83. The number of aliphatic hydroxyl groups is 1. The molecule has 0 unspecified atom stereocenters. The molecule has 0 heterocycles. The SMILES string of the molecule is CC(=O)O[C@@]12CC[C@@H]3[C@@H]4CC[C@H]([C@H](C)CCCC(C)C)[C@]4(C)CC[C@@H]3[C@@]1(C)CC[C@@H](O)C2. The molecular formula is C29H50O3. The summed E-state index contributed by atoms with van der Waals surface area (Å²) in [5.41, 5.74) is 0.0566. The van der Waals surface area contributed by atoms with Crippen LogP contribution in [0.1, 0.15) is 119 Å². The minimum absolute atomic E-state index is 0.0170. The zero-order chi connectivity index (χ0) is 23.3. The van der Waals surface area contributed by atoms with Crippen molar-refractivity contribution in [2.24, 2.45) is 46.3 Å². The molecule has 0 saturated heterocycles. The first-order chi connectivity index (χ1) is 15.0. The van der Waals surface area contributed by atoms with Gasteiger partial charge >= 0.3 is 5.97 Å². The van der Waals surface area contributed by atoms with E-state index in [-0.39, 0.29) is 17.5 Å². The van der Waals surface area contributed by atoms with Gasteiger partial charge in [0.25, 0.3) is 0 Å². The van der Waals surface area contributed by atoms with Crippen LogP contribution in [0.4, 0.5) is 0 Å². The monoisotopic (exact) mass is 446 g/mol. The Balaban J connectivity index is 1.53. The fraction of sp³-hybridized carbons (Fsp3) is 0.966. The number of hydrogen-bond donors (Lipinski definition) is 1. The second-order valence-electron chi connectivity index (χ2n) is 13.3. The summed E-state index contributed by atoms with van der Waals surface area (Å²) < 4.78 is 6.17. The Morgan fingerprint density at radius 3 is 2.41 bits per heavy atom. The Bertz CT molecular complexity index is 688. The van der Waals surface area contributed by atoms with Crippen molar-refractivity contribution >= 4 is 5.97 Å². The molecule has 0 radical (unpaired) electrons. The molecule has 0 aromatic heterocycles. The van der Waals surface area contributed by atoms with Crippen molar-refractivity contribution in [2.75, 3.05) is 0 Å². The van der Waals surface area contributed by atoms with Gasteiger partial charge in [-0.05, 0) is 92.3 Å². The van der Waals surface area contributed by atoms with Gasteiger partial charge in [-0.3, -0.25) is 4.79 Å². The standard InChI is InChI=1S/C29H50O3/c1-19(2)8-7-9-20(3)24-10-11-25-23-13-17-29(32-21(4)30)18-22(31)12-16-28(29,6)26(23)14-15-27(24,25)5/h19-20,22-26,31H,7-18H2,1-6H3/t20-,22-,23-,24-,25+,26+,27+,28-,29-/m1/s1. The maximum Gasteiger partial charge on any atom is 0.303 e. The summed E-state index contributed by atoms with van der Waals surface area (Å²) in [6.45, 7) is 13.9. The van der Waals surface area contributed by atoms with Crippen molar-refractivity contribution in [1.29, 1.82) is 0 Å². The van der Waals surface area contributed by atoms with Crippen LogP contribution in [0.15, 0.2) is 0 Å². The van der Waals surface area contributed by atoms with Crippen molar-refractivity contribution in [2.45, 2.75) is 130 Å². The molecule has 184 valence electrons. The lowest BCUT2D eigenvalue weighted by molar-refractivity contribution is -0.237. The van der Waals surface area contributed by atoms with Gasteiger partial charge in [-0.1, -0.05) is 53.9 Å². The van der Waals surface area contributed by atoms with Gasteiger partial charge in [0.2, 0.25) is 0 Å². The lowest BCUT2D eigenvalue weighted by Gasteiger charge is -2.64. The fourth-order valence-electron chi connectivity index (χ4n) is 9.71. The smallest absolute Gasteiger partial charge is 0.303 e. The molecule has 0 aromatic rings. The average molecular weight is 447 g/mol. The fourth-order valence-corrected chi connectivity index (χ4v) is 9.71. The van der Waals surface area contributed by atoms with E-state index in [0.29, 0.717) is 17.8 Å². The largest absolute Gasteiger partial charge is 0.459 e. The van der Waals surface area contributed by atoms with E-state index < -0.39 is 5.60 Å². The molecule has 0 spiro atoms. The molecule has 0 bridgehead atoms. The van der Waals surface area contributed by atoms with Crippen LogP contribution in [0.2, 0.25) is 0 Å². The van der Waals surface area contributed by atoms with E-state index in [1.165, 1.54) is 51.4 Å². The van der Waals surface area contributed by atoms with Crippen LogP contribution >= 0.6 is 0 Å². The van der Waals surface area contributed by atoms with Crippen LogP contribution in [-0.4, -0.2) is 22.8 Å². The first-order valence-corrected chi connectivity index (χ1v) is 13.9. The maximum atomic E-state index is 12.1. The molecule has 4 aliphatic rings. The summed E-state index contributed by atoms with van der Waals surface area (Å²) in [4.78, 5) is 12.1. The van der Waals surface area contributed by atoms with Gasteiger partial charge in [-0.15, -0.1) is 0 Å². The number of rotatable bonds is 6. The first kappa shape index (κ1) is 24.6. The summed E-state index contributed by atoms with van der Waals surface area (Å²) >= 11 is 0. The predicted molar refractivity (Wildman–Crippen MR) is 130 cm³/mol. The lowest BCUT2D eigenvalue weighted by atomic mass is 9.43. The van der Waals surface area contributed by atoms with E-state index in [1.807, 2.05) is 0 Å². The number of carbonyl (C=O) groups is 1. The van der Waals surface area contributed by atoms with Gasteiger partial charge in [0, 0.05) is 18.8 Å². The zero-order valence-electron chi connectivity index (χ0n) is 21.8. The van der Waals surface area contributed by atoms with Crippen LogP contribution < -0.4 is 0 Å². The summed E-state index contributed by atoms with van der Waals surface area (Å²) in [6.07, 6.45) is 13.9. The molecule has 3 heteroatoms. The maximum absolute atomic E-state index is 12.1. The molecule has 0 aromatic carbocycles. The molecule has 4 saturated carbocycles. The van der Waals surface area contributed by atoms with E-state index in [2.05, 4.69) is 34.6 Å². The van der Waals surface area contributed by atoms with Gasteiger partial charge in [0.1, 0.15) is 5.60 Å². The Morgan fingerprint density at radius 1 is 0.969 bits per heavy atom. The second kappa shape index (κ2) is 8.90. The minimum Gasteiger partial charge on any atom is -0.459 e. The summed E-state index contributed by atoms with van der Waals surface area (Å²) in [5.74, 6) is 4.60. The van der Waals surface area contributed by atoms with Crippen molar-refractivity contribution in [3.05, 3.63) is 0 Å². The third-order valence-corrected chi connectivity index (χ3v) is 11.3. The number of esters is 1. The van der Waals surface area contributed by atoms with Gasteiger partial charge in [-0.25, -0.2) is 0 Å². The van der Waals surface area contributed by atoms with Gasteiger partial charge in [-0.2, -0.15) is 0 Å². The van der Waals surface area contributed by atoms with Crippen LogP contribution in [0.3, 0.4) is 0 Å².